The number of hydrogen-bond acceptors (Lipinski definition) is 3. The number of hydrogen-bond donors (Lipinski definition) is 3. The van der Waals surface area contributed by atoms with Gasteiger partial charge in [0.1, 0.15) is 0 Å². The molecule has 1 atom stereocenters. The topological polar surface area (TPSA) is 64.6 Å². The summed E-state index contributed by atoms with van der Waals surface area (Å²) < 4.78 is 0. The van der Waals surface area contributed by atoms with Crippen LogP contribution in [-0.4, -0.2) is 54.9 Å². The van der Waals surface area contributed by atoms with Crippen molar-refractivity contribution in [2.24, 2.45) is 0 Å². The molecular weight excluding hydrogens is 242 g/mol. The maximum Gasteiger partial charge on any atom is 0.315 e. The van der Waals surface area contributed by atoms with Gasteiger partial charge in [-0.15, -0.1) is 0 Å². The Balaban J connectivity index is 1.89. The minimum absolute atomic E-state index is 0.0245. The number of rotatable bonds is 8. The monoisotopic (exact) mass is 271 g/mol. The minimum Gasteiger partial charge on any atom is -0.394 e. The molecule has 1 rings (SSSR count). The van der Waals surface area contributed by atoms with E-state index in [-0.39, 0.29) is 18.7 Å². The minimum atomic E-state index is -0.183. The molecule has 0 radical (unpaired) electrons. The van der Waals surface area contributed by atoms with Crippen LogP contribution in [0.15, 0.2) is 0 Å². The number of amides is 2. The van der Waals surface area contributed by atoms with E-state index < -0.39 is 0 Å². The predicted molar refractivity (Wildman–Crippen MR) is 77.2 cm³/mol. The lowest BCUT2D eigenvalue weighted by atomic mass is 10.1. The first-order valence-electron chi connectivity index (χ1n) is 7.60. The molecule has 0 aromatic carbocycles. The molecule has 112 valence electrons. The van der Waals surface area contributed by atoms with Crippen molar-refractivity contribution in [1.82, 2.24) is 15.5 Å². The molecule has 2 amide bonds. The zero-order chi connectivity index (χ0) is 13.9. The third-order valence-corrected chi connectivity index (χ3v) is 3.54. The van der Waals surface area contributed by atoms with Gasteiger partial charge in [0.15, 0.2) is 0 Å². The highest BCUT2D eigenvalue weighted by atomic mass is 16.3. The predicted octanol–water partition coefficient (Wildman–Crippen LogP) is 1.32. The molecular formula is C14H29N3O2. The fraction of sp³-hybridized carbons (Fsp3) is 0.929. The van der Waals surface area contributed by atoms with Gasteiger partial charge in [0.25, 0.3) is 0 Å². The molecule has 5 heteroatoms. The molecule has 0 aromatic rings. The van der Waals surface area contributed by atoms with E-state index in [1.54, 1.807) is 6.92 Å². The van der Waals surface area contributed by atoms with Gasteiger partial charge >= 0.3 is 6.03 Å². The first-order chi connectivity index (χ1) is 9.22. The molecule has 1 unspecified atom stereocenters. The zero-order valence-corrected chi connectivity index (χ0v) is 12.2. The molecule has 1 aliphatic rings. The molecule has 3 N–H and O–H groups in total. The summed E-state index contributed by atoms with van der Waals surface area (Å²) in [7, 11) is 0. The van der Waals surface area contributed by atoms with Gasteiger partial charge in [-0.25, -0.2) is 4.79 Å². The van der Waals surface area contributed by atoms with Crippen LogP contribution in [0.25, 0.3) is 0 Å². The summed E-state index contributed by atoms with van der Waals surface area (Å²) in [5, 5.41) is 14.3. The highest BCUT2D eigenvalue weighted by Gasteiger charge is 2.09. The van der Waals surface area contributed by atoms with Gasteiger partial charge in [-0.05, 0) is 52.2 Å². The molecule has 0 saturated carbocycles. The van der Waals surface area contributed by atoms with Gasteiger partial charge in [0.2, 0.25) is 0 Å². The van der Waals surface area contributed by atoms with E-state index in [2.05, 4.69) is 15.5 Å². The third-order valence-electron chi connectivity index (χ3n) is 3.54. The van der Waals surface area contributed by atoms with Crippen LogP contribution in [0.3, 0.4) is 0 Å². The molecule has 1 saturated heterocycles. The SMILES string of the molecule is CC(CO)NC(=O)NCCCCCN1CCCCC1. The summed E-state index contributed by atoms with van der Waals surface area (Å²) in [6.45, 7) is 6.19. The normalized spacial score (nSPS) is 18.0. The average molecular weight is 271 g/mol. The molecule has 1 fully saturated rings. The quantitative estimate of drug-likeness (QED) is 0.583. The van der Waals surface area contributed by atoms with Crippen molar-refractivity contribution >= 4 is 6.03 Å². The lowest BCUT2D eigenvalue weighted by Crippen LogP contribution is -2.42. The van der Waals surface area contributed by atoms with Crippen molar-refractivity contribution in [1.29, 1.82) is 0 Å². The molecule has 19 heavy (non-hydrogen) atoms. The van der Waals surface area contributed by atoms with Crippen LogP contribution in [0.1, 0.15) is 45.4 Å². The molecule has 0 spiro atoms. The van der Waals surface area contributed by atoms with Gasteiger partial charge in [-0.3, -0.25) is 0 Å². The Bertz CT molecular complexity index is 243. The Kier molecular flexibility index (Phi) is 8.58. The highest BCUT2D eigenvalue weighted by molar-refractivity contribution is 5.74. The van der Waals surface area contributed by atoms with Crippen molar-refractivity contribution in [2.45, 2.75) is 51.5 Å². The standard InChI is InChI=1S/C14H29N3O2/c1-13(12-18)16-14(19)15-8-4-2-5-9-17-10-6-3-7-11-17/h13,18H,2-12H2,1H3,(H2,15,16,19). The van der Waals surface area contributed by atoms with Crippen molar-refractivity contribution in [3.63, 3.8) is 0 Å². The Hall–Kier alpha value is -0.810. The summed E-state index contributed by atoms with van der Waals surface area (Å²) in [4.78, 5) is 13.9. The number of unbranched alkanes of at least 4 members (excludes halogenated alkanes) is 2. The van der Waals surface area contributed by atoms with Gasteiger partial charge in [-0.1, -0.05) is 12.8 Å². The van der Waals surface area contributed by atoms with E-state index in [1.807, 2.05) is 0 Å². The number of likely N-dealkylation sites (tertiary alicyclic amines) is 1. The second kappa shape index (κ2) is 10.0. The second-order valence-corrected chi connectivity index (χ2v) is 5.45. The Labute approximate surface area is 116 Å². The smallest absolute Gasteiger partial charge is 0.315 e. The molecule has 0 bridgehead atoms. The third kappa shape index (κ3) is 8.06. The number of aliphatic hydroxyl groups is 1. The first kappa shape index (κ1) is 16.2. The summed E-state index contributed by atoms with van der Waals surface area (Å²) in [5.41, 5.74) is 0. The Morgan fingerprint density at radius 3 is 2.63 bits per heavy atom. The van der Waals surface area contributed by atoms with Crippen molar-refractivity contribution in [3.05, 3.63) is 0 Å². The van der Waals surface area contributed by atoms with Crippen molar-refractivity contribution < 1.29 is 9.90 Å². The average Bonchev–Trinajstić information content (AvgIpc) is 2.43. The van der Waals surface area contributed by atoms with Crippen LogP contribution >= 0.6 is 0 Å². The number of carbonyl (C=O) groups is 1. The van der Waals surface area contributed by atoms with E-state index >= 15 is 0 Å². The van der Waals surface area contributed by atoms with Crippen molar-refractivity contribution in [3.8, 4) is 0 Å². The van der Waals surface area contributed by atoms with Crippen LogP contribution in [0.4, 0.5) is 4.79 Å². The van der Waals surface area contributed by atoms with Gasteiger partial charge in [0.05, 0.1) is 12.6 Å². The molecule has 5 nitrogen and oxygen atoms in total. The molecule has 1 heterocycles. The van der Waals surface area contributed by atoms with Gasteiger partial charge < -0.3 is 20.6 Å². The number of urea groups is 1. The first-order valence-corrected chi connectivity index (χ1v) is 7.60. The maximum absolute atomic E-state index is 11.4. The Morgan fingerprint density at radius 2 is 1.95 bits per heavy atom. The summed E-state index contributed by atoms with van der Waals surface area (Å²) >= 11 is 0. The van der Waals surface area contributed by atoms with Gasteiger partial charge in [-0.2, -0.15) is 0 Å². The molecule has 1 aliphatic heterocycles. The van der Waals surface area contributed by atoms with E-state index in [0.717, 1.165) is 12.8 Å². The fourth-order valence-corrected chi connectivity index (χ4v) is 2.34. The number of nitrogens with one attached hydrogen (secondary N) is 2. The van der Waals surface area contributed by atoms with E-state index in [9.17, 15) is 4.79 Å². The maximum atomic E-state index is 11.4. The second-order valence-electron chi connectivity index (χ2n) is 5.45. The number of carbonyl (C=O) groups excluding carboxylic acids is 1. The van der Waals surface area contributed by atoms with Gasteiger partial charge in [0, 0.05) is 6.54 Å². The van der Waals surface area contributed by atoms with Crippen LogP contribution < -0.4 is 10.6 Å². The van der Waals surface area contributed by atoms with Crippen LogP contribution in [-0.2, 0) is 0 Å². The summed E-state index contributed by atoms with van der Waals surface area (Å²) in [6.07, 6.45) is 7.49. The highest BCUT2D eigenvalue weighted by Crippen LogP contribution is 2.09. The van der Waals surface area contributed by atoms with Crippen LogP contribution in [0.2, 0.25) is 0 Å². The van der Waals surface area contributed by atoms with Crippen LogP contribution in [0, 0.1) is 0 Å². The summed E-state index contributed by atoms with van der Waals surface area (Å²) in [5.74, 6) is 0. The lowest BCUT2D eigenvalue weighted by molar-refractivity contribution is 0.219. The Morgan fingerprint density at radius 1 is 1.21 bits per heavy atom. The van der Waals surface area contributed by atoms with E-state index in [4.69, 9.17) is 5.11 Å². The number of piperidine rings is 1. The van der Waals surface area contributed by atoms with Crippen LogP contribution in [0.5, 0.6) is 0 Å². The largest absolute Gasteiger partial charge is 0.394 e. The molecule has 0 aromatic heterocycles. The van der Waals surface area contributed by atoms with E-state index in [1.165, 1.54) is 45.3 Å². The van der Waals surface area contributed by atoms with E-state index in [0.29, 0.717) is 6.54 Å². The zero-order valence-electron chi connectivity index (χ0n) is 12.2. The fourth-order valence-electron chi connectivity index (χ4n) is 2.34. The molecule has 0 aliphatic carbocycles. The number of nitrogens with zero attached hydrogens (tertiary/aromatic N) is 1. The number of aliphatic hydroxyl groups excluding tert-OH is 1. The van der Waals surface area contributed by atoms with Crippen molar-refractivity contribution in [2.75, 3.05) is 32.8 Å². The summed E-state index contributed by atoms with van der Waals surface area (Å²) in [6, 6.07) is -0.364. The lowest BCUT2D eigenvalue weighted by Gasteiger charge is -2.26.